The maximum atomic E-state index is 12.3. The molecule has 1 saturated heterocycles. The van der Waals surface area contributed by atoms with E-state index in [-0.39, 0.29) is 18.2 Å². The number of hydrogen-bond acceptors (Lipinski definition) is 5. The minimum atomic E-state index is -0.375. The van der Waals surface area contributed by atoms with Crippen LogP contribution in [0.4, 0.5) is 5.69 Å². The minimum absolute atomic E-state index is 0.0391. The Bertz CT molecular complexity index is 700. The topological polar surface area (TPSA) is 74.4 Å². The summed E-state index contributed by atoms with van der Waals surface area (Å²) in [5.74, 6) is 0.785. The third-order valence-corrected chi connectivity index (χ3v) is 4.04. The zero-order valence-corrected chi connectivity index (χ0v) is 14.5. The molecule has 2 unspecified atom stereocenters. The maximum Gasteiger partial charge on any atom is 0.241 e. The van der Waals surface area contributed by atoms with Crippen molar-refractivity contribution in [1.29, 1.82) is 0 Å². The Morgan fingerprint density at radius 1 is 1.04 bits per heavy atom. The number of hydrazine groups is 1. The maximum absolute atomic E-state index is 12.3. The van der Waals surface area contributed by atoms with Gasteiger partial charge in [0.25, 0.3) is 0 Å². The average molecular weight is 340 g/mol. The van der Waals surface area contributed by atoms with Crippen molar-refractivity contribution >= 4 is 11.6 Å². The lowest BCUT2D eigenvalue weighted by atomic mass is 10.0. The lowest BCUT2D eigenvalue weighted by Crippen LogP contribution is -2.68. The van der Waals surface area contributed by atoms with Crippen molar-refractivity contribution in [3.63, 3.8) is 0 Å². The number of ether oxygens (including phenoxy) is 1. The molecule has 25 heavy (non-hydrogen) atoms. The number of hydrogen-bond donors (Lipinski definition) is 4. The summed E-state index contributed by atoms with van der Waals surface area (Å²) in [6.45, 7) is 4.64. The molecule has 132 valence electrons. The lowest BCUT2D eigenvalue weighted by Gasteiger charge is -2.32. The normalized spacial score (nSPS) is 20.0. The smallest absolute Gasteiger partial charge is 0.241 e. The van der Waals surface area contributed by atoms with E-state index in [0.29, 0.717) is 13.0 Å². The van der Waals surface area contributed by atoms with Gasteiger partial charge in [-0.3, -0.25) is 4.79 Å². The number of carbonyl (C=O) groups is 1. The molecular weight excluding hydrogens is 316 g/mol. The highest BCUT2D eigenvalue weighted by Crippen LogP contribution is 2.16. The first-order chi connectivity index (χ1) is 12.1. The third kappa shape index (κ3) is 4.71. The molecule has 6 nitrogen and oxygen atoms in total. The SMILES string of the molecule is CCOc1ccc(NC2NNC(Cc3ccc(C)cc3)C(=O)N2)cc1. The van der Waals surface area contributed by atoms with E-state index >= 15 is 0 Å². The van der Waals surface area contributed by atoms with Crippen LogP contribution in [0.15, 0.2) is 48.5 Å². The molecule has 1 aliphatic heterocycles. The average Bonchev–Trinajstić information content (AvgIpc) is 2.61. The molecule has 6 heteroatoms. The van der Waals surface area contributed by atoms with E-state index in [4.69, 9.17) is 4.74 Å². The highest BCUT2D eigenvalue weighted by Gasteiger charge is 2.27. The van der Waals surface area contributed by atoms with Crippen LogP contribution in [0.5, 0.6) is 5.75 Å². The molecule has 1 amide bonds. The number of carbonyl (C=O) groups excluding carboxylic acids is 1. The molecule has 1 fully saturated rings. The Balaban J connectivity index is 1.52. The summed E-state index contributed by atoms with van der Waals surface area (Å²) in [6, 6.07) is 15.5. The molecule has 2 aromatic rings. The van der Waals surface area contributed by atoms with Crippen LogP contribution < -0.4 is 26.2 Å². The fourth-order valence-electron chi connectivity index (χ4n) is 2.68. The molecule has 4 N–H and O–H groups in total. The van der Waals surface area contributed by atoms with Crippen molar-refractivity contribution in [1.82, 2.24) is 16.2 Å². The Morgan fingerprint density at radius 3 is 2.40 bits per heavy atom. The first-order valence-electron chi connectivity index (χ1n) is 8.50. The van der Waals surface area contributed by atoms with E-state index in [1.165, 1.54) is 5.56 Å². The molecule has 1 aliphatic rings. The fraction of sp³-hybridized carbons (Fsp3) is 0.316. The molecule has 1 heterocycles. The van der Waals surface area contributed by atoms with Crippen LogP contribution in [-0.2, 0) is 11.2 Å². The Kier molecular flexibility index (Phi) is 5.53. The van der Waals surface area contributed by atoms with Gasteiger partial charge in [-0.2, -0.15) is 0 Å². The zero-order chi connectivity index (χ0) is 17.6. The van der Waals surface area contributed by atoms with Crippen LogP contribution in [0.25, 0.3) is 0 Å². The minimum Gasteiger partial charge on any atom is -0.494 e. The lowest BCUT2D eigenvalue weighted by molar-refractivity contribution is -0.126. The molecule has 0 bridgehead atoms. The van der Waals surface area contributed by atoms with Gasteiger partial charge in [0.05, 0.1) is 6.61 Å². The van der Waals surface area contributed by atoms with Gasteiger partial charge in [0.1, 0.15) is 11.8 Å². The standard InChI is InChI=1S/C19H24N4O2/c1-3-25-16-10-8-15(9-11-16)20-19-21-18(24)17(22-23-19)12-14-6-4-13(2)5-7-14/h4-11,17,19-20,22-23H,3,12H2,1-2H3,(H,21,24). The summed E-state index contributed by atoms with van der Waals surface area (Å²) in [5.41, 5.74) is 9.40. The predicted octanol–water partition coefficient (Wildman–Crippen LogP) is 1.92. The van der Waals surface area contributed by atoms with Gasteiger partial charge in [0.2, 0.25) is 5.91 Å². The number of aryl methyl sites for hydroxylation is 1. The summed E-state index contributed by atoms with van der Waals surface area (Å²) in [5, 5.41) is 6.14. The van der Waals surface area contributed by atoms with Crippen molar-refractivity contribution in [3.8, 4) is 5.75 Å². The van der Waals surface area contributed by atoms with Crippen LogP contribution in [0, 0.1) is 6.92 Å². The Hall–Kier alpha value is -2.57. The van der Waals surface area contributed by atoms with Crippen molar-refractivity contribution in [3.05, 3.63) is 59.7 Å². The van der Waals surface area contributed by atoms with Crippen molar-refractivity contribution in [2.45, 2.75) is 32.6 Å². The van der Waals surface area contributed by atoms with E-state index in [9.17, 15) is 4.79 Å². The van der Waals surface area contributed by atoms with Crippen molar-refractivity contribution in [2.75, 3.05) is 11.9 Å². The van der Waals surface area contributed by atoms with Gasteiger partial charge in [0, 0.05) is 5.69 Å². The Labute approximate surface area is 147 Å². The number of nitrogens with one attached hydrogen (secondary N) is 4. The van der Waals surface area contributed by atoms with Gasteiger partial charge in [-0.25, -0.2) is 10.9 Å². The van der Waals surface area contributed by atoms with E-state index in [1.54, 1.807) is 0 Å². The fourth-order valence-corrected chi connectivity index (χ4v) is 2.68. The van der Waals surface area contributed by atoms with Crippen LogP contribution in [0.1, 0.15) is 18.1 Å². The second kappa shape index (κ2) is 8.00. The molecule has 2 atom stereocenters. The van der Waals surface area contributed by atoms with Crippen molar-refractivity contribution in [2.24, 2.45) is 0 Å². The van der Waals surface area contributed by atoms with Gasteiger partial charge in [-0.15, -0.1) is 0 Å². The largest absolute Gasteiger partial charge is 0.494 e. The summed E-state index contributed by atoms with van der Waals surface area (Å²) >= 11 is 0. The first kappa shape index (κ1) is 17.3. The number of benzene rings is 2. The quantitative estimate of drug-likeness (QED) is 0.647. The predicted molar refractivity (Wildman–Crippen MR) is 98.1 cm³/mol. The number of anilines is 1. The summed E-state index contributed by atoms with van der Waals surface area (Å²) in [4.78, 5) is 12.3. The molecule has 0 aromatic heterocycles. The second-order valence-corrected chi connectivity index (χ2v) is 6.07. The van der Waals surface area contributed by atoms with E-state index < -0.39 is 0 Å². The third-order valence-electron chi connectivity index (χ3n) is 4.04. The molecule has 0 radical (unpaired) electrons. The summed E-state index contributed by atoms with van der Waals surface area (Å²) < 4.78 is 5.42. The zero-order valence-electron chi connectivity index (χ0n) is 14.5. The van der Waals surface area contributed by atoms with Gasteiger partial charge < -0.3 is 15.4 Å². The Morgan fingerprint density at radius 2 is 1.76 bits per heavy atom. The van der Waals surface area contributed by atoms with E-state index in [1.807, 2.05) is 38.1 Å². The van der Waals surface area contributed by atoms with Gasteiger partial charge in [-0.05, 0) is 50.1 Å². The first-order valence-corrected chi connectivity index (χ1v) is 8.50. The van der Waals surface area contributed by atoms with Gasteiger partial charge in [0.15, 0.2) is 6.29 Å². The van der Waals surface area contributed by atoms with Crippen LogP contribution in [0.2, 0.25) is 0 Å². The molecule has 3 rings (SSSR count). The molecular formula is C19H24N4O2. The monoisotopic (exact) mass is 340 g/mol. The molecule has 0 aliphatic carbocycles. The second-order valence-electron chi connectivity index (χ2n) is 6.07. The van der Waals surface area contributed by atoms with Gasteiger partial charge in [-0.1, -0.05) is 29.8 Å². The van der Waals surface area contributed by atoms with Crippen LogP contribution >= 0.6 is 0 Å². The molecule has 0 saturated carbocycles. The van der Waals surface area contributed by atoms with Crippen molar-refractivity contribution < 1.29 is 9.53 Å². The van der Waals surface area contributed by atoms with E-state index in [2.05, 4.69) is 45.8 Å². The molecule has 0 spiro atoms. The molecule has 2 aromatic carbocycles. The summed E-state index contributed by atoms with van der Waals surface area (Å²) in [7, 11) is 0. The highest BCUT2D eigenvalue weighted by molar-refractivity contribution is 5.83. The summed E-state index contributed by atoms with van der Waals surface area (Å²) in [6.07, 6.45) is 0.259. The van der Waals surface area contributed by atoms with E-state index in [0.717, 1.165) is 17.0 Å². The van der Waals surface area contributed by atoms with Crippen LogP contribution in [-0.4, -0.2) is 24.8 Å². The number of rotatable bonds is 6. The number of amides is 1. The highest BCUT2D eigenvalue weighted by atomic mass is 16.5. The van der Waals surface area contributed by atoms with Gasteiger partial charge >= 0.3 is 0 Å². The van der Waals surface area contributed by atoms with Crippen LogP contribution in [0.3, 0.4) is 0 Å².